The van der Waals surface area contributed by atoms with E-state index in [0.717, 1.165) is 6.42 Å². The first-order chi connectivity index (χ1) is 7.76. The Bertz CT molecular complexity index is 313. The van der Waals surface area contributed by atoms with Gasteiger partial charge in [-0.25, -0.2) is 4.79 Å². The zero-order valence-electron chi connectivity index (χ0n) is 9.40. The molecule has 0 unspecified atom stereocenters. The monoisotopic (exact) mass is 269 g/mol. The summed E-state index contributed by atoms with van der Waals surface area (Å²) in [6, 6.07) is 0. The quantitative estimate of drug-likeness (QED) is 0.452. The highest BCUT2D eigenvalue weighted by Crippen LogP contribution is 2.35. The van der Waals surface area contributed by atoms with E-state index in [9.17, 15) is 14.2 Å². The molecule has 0 rings (SSSR count). The van der Waals surface area contributed by atoms with Crippen LogP contribution >= 0.6 is 7.60 Å². The van der Waals surface area contributed by atoms with Gasteiger partial charge >= 0.3 is 19.7 Å². The van der Waals surface area contributed by atoms with Crippen molar-refractivity contribution in [2.24, 2.45) is 0 Å². The van der Waals surface area contributed by atoms with Crippen molar-refractivity contribution in [2.75, 3.05) is 19.4 Å². The van der Waals surface area contributed by atoms with Crippen LogP contribution < -0.4 is 0 Å². The number of aliphatic carboxylic acids is 1. The van der Waals surface area contributed by atoms with Gasteiger partial charge in [0.25, 0.3) is 0 Å². The predicted molar refractivity (Wildman–Crippen MR) is 57.5 cm³/mol. The van der Waals surface area contributed by atoms with Gasteiger partial charge in [-0.3, -0.25) is 14.3 Å². The average molecular weight is 269 g/mol. The van der Waals surface area contributed by atoms with Crippen LogP contribution in [-0.2, 0) is 14.1 Å². The van der Waals surface area contributed by atoms with Crippen LogP contribution in [0.1, 0.15) is 19.8 Å². The molecule has 0 aromatic heterocycles. The Balaban J connectivity index is 4.40. The first-order valence-corrected chi connectivity index (χ1v) is 6.74. The standard InChI is InChI=1S/C8H16NO7P/c1-2-3-4-16-8(12)9(5-7(10)11)6-17(13,14)15/h2-6H2,1H3,(H,10,11)(H2,13,14,15). The summed E-state index contributed by atoms with van der Waals surface area (Å²) < 4.78 is 15.4. The van der Waals surface area contributed by atoms with Crippen LogP contribution in [0.2, 0.25) is 0 Å². The zero-order valence-corrected chi connectivity index (χ0v) is 10.3. The smallest absolute Gasteiger partial charge is 0.410 e. The number of carboxylic acids is 1. The maximum Gasteiger partial charge on any atom is 0.410 e. The van der Waals surface area contributed by atoms with Gasteiger partial charge in [0.1, 0.15) is 12.8 Å². The maximum absolute atomic E-state index is 11.3. The van der Waals surface area contributed by atoms with Crippen LogP contribution in [0.25, 0.3) is 0 Å². The molecule has 0 aliphatic heterocycles. The second-order valence-corrected chi connectivity index (χ2v) is 4.98. The largest absolute Gasteiger partial charge is 0.480 e. The highest BCUT2D eigenvalue weighted by Gasteiger charge is 2.26. The number of carboxylic acid groups (broad SMARTS) is 1. The number of amides is 1. The molecule has 0 aliphatic rings. The average Bonchev–Trinajstić information content (AvgIpc) is 2.14. The molecule has 0 aromatic carbocycles. The lowest BCUT2D eigenvalue weighted by Gasteiger charge is -2.20. The predicted octanol–water partition coefficient (Wildman–Crippen LogP) is 0.445. The highest BCUT2D eigenvalue weighted by molar-refractivity contribution is 7.51. The summed E-state index contributed by atoms with van der Waals surface area (Å²) >= 11 is 0. The minimum atomic E-state index is -4.51. The van der Waals surface area contributed by atoms with Gasteiger partial charge in [0.2, 0.25) is 0 Å². The molecule has 9 heteroatoms. The van der Waals surface area contributed by atoms with Crippen molar-refractivity contribution >= 4 is 19.7 Å². The van der Waals surface area contributed by atoms with Crippen LogP contribution in [0.4, 0.5) is 4.79 Å². The van der Waals surface area contributed by atoms with E-state index in [1.165, 1.54) is 0 Å². The summed E-state index contributed by atoms with van der Waals surface area (Å²) in [5, 5.41) is 8.50. The number of nitrogens with zero attached hydrogens (tertiary/aromatic N) is 1. The molecule has 0 aliphatic carbocycles. The first kappa shape index (κ1) is 15.9. The van der Waals surface area contributed by atoms with Crippen molar-refractivity contribution in [2.45, 2.75) is 19.8 Å². The third-order valence-corrected chi connectivity index (χ3v) is 2.37. The Labute approximate surface area is 98.3 Å². The number of hydrogen-bond acceptors (Lipinski definition) is 4. The molecule has 0 radical (unpaired) electrons. The number of hydrogen-bond donors (Lipinski definition) is 3. The van der Waals surface area contributed by atoms with Crippen LogP contribution in [0.15, 0.2) is 0 Å². The molecule has 0 aromatic rings. The van der Waals surface area contributed by atoms with Crippen molar-refractivity contribution in [1.82, 2.24) is 4.90 Å². The van der Waals surface area contributed by atoms with E-state index < -0.39 is 32.5 Å². The van der Waals surface area contributed by atoms with Crippen molar-refractivity contribution in [3.63, 3.8) is 0 Å². The van der Waals surface area contributed by atoms with Crippen LogP contribution in [0.5, 0.6) is 0 Å². The van der Waals surface area contributed by atoms with E-state index in [4.69, 9.17) is 14.9 Å². The van der Waals surface area contributed by atoms with Crippen LogP contribution in [0, 0.1) is 0 Å². The Kier molecular flexibility index (Phi) is 6.79. The Morgan fingerprint density at radius 2 is 1.94 bits per heavy atom. The van der Waals surface area contributed by atoms with Crippen molar-refractivity contribution in [1.29, 1.82) is 0 Å². The summed E-state index contributed by atoms with van der Waals surface area (Å²) in [5.41, 5.74) is 0. The molecule has 0 saturated carbocycles. The van der Waals surface area contributed by atoms with Gasteiger partial charge < -0.3 is 19.6 Å². The molecule has 17 heavy (non-hydrogen) atoms. The maximum atomic E-state index is 11.3. The molecule has 1 amide bonds. The molecule has 0 fully saturated rings. The second kappa shape index (κ2) is 7.26. The first-order valence-electron chi connectivity index (χ1n) is 4.94. The summed E-state index contributed by atoms with van der Waals surface area (Å²) in [4.78, 5) is 39.6. The fraction of sp³-hybridized carbons (Fsp3) is 0.750. The summed E-state index contributed by atoms with van der Waals surface area (Å²) in [5.74, 6) is -1.37. The third-order valence-electron chi connectivity index (χ3n) is 1.66. The molecule has 100 valence electrons. The fourth-order valence-electron chi connectivity index (χ4n) is 0.953. The van der Waals surface area contributed by atoms with E-state index >= 15 is 0 Å². The van der Waals surface area contributed by atoms with E-state index in [1.54, 1.807) is 0 Å². The molecule has 8 nitrogen and oxygen atoms in total. The van der Waals surface area contributed by atoms with Gasteiger partial charge in [-0.2, -0.15) is 0 Å². The molecule has 0 spiro atoms. The van der Waals surface area contributed by atoms with Crippen molar-refractivity contribution in [3.05, 3.63) is 0 Å². The Morgan fingerprint density at radius 1 is 1.35 bits per heavy atom. The Hall–Kier alpha value is -1.11. The fourth-order valence-corrected chi connectivity index (χ4v) is 1.61. The number of unbranched alkanes of at least 4 members (excludes halogenated alkanes) is 1. The zero-order chi connectivity index (χ0) is 13.5. The Morgan fingerprint density at radius 3 is 2.35 bits per heavy atom. The van der Waals surface area contributed by atoms with Crippen molar-refractivity contribution in [3.8, 4) is 0 Å². The van der Waals surface area contributed by atoms with Gasteiger partial charge in [-0.1, -0.05) is 13.3 Å². The number of carbonyl (C=O) groups excluding carboxylic acids is 1. The molecule has 0 bridgehead atoms. The van der Waals surface area contributed by atoms with E-state index in [0.29, 0.717) is 11.3 Å². The van der Waals surface area contributed by atoms with Crippen molar-refractivity contribution < 1.29 is 33.8 Å². The number of rotatable bonds is 7. The molecule has 0 heterocycles. The lowest BCUT2D eigenvalue weighted by molar-refractivity contribution is -0.137. The lowest BCUT2D eigenvalue weighted by Crippen LogP contribution is -2.37. The van der Waals surface area contributed by atoms with Gasteiger partial charge in [0.15, 0.2) is 0 Å². The van der Waals surface area contributed by atoms with Crippen LogP contribution in [-0.4, -0.2) is 51.3 Å². The minimum absolute atomic E-state index is 0.0899. The number of ether oxygens (including phenoxy) is 1. The van der Waals surface area contributed by atoms with Gasteiger partial charge in [-0.15, -0.1) is 0 Å². The SMILES string of the molecule is CCCCOC(=O)N(CC(=O)O)CP(=O)(O)O. The minimum Gasteiger partial charge on any atom is -0.480 e. The molecule has 0 atom stereocenters. The molecule has 0 saturated heterocycles. The van der Waals surface area contributed by atoms with E-state index in [-0.39, 0.29) is 6.61 Å². The van der Waals surface area contributed by atoms with Crippen LogP contribution in [0.3, 0.4) is 0 Å². The summed E-state index contributed by atoms with van der Waals surface area (Å²) in [6.45, 7) is 1.15. The van der Waals surface area contributed by atoms with E-state index in [2.05, 4.69) is 4.74 Å². The topological polar surface area (TPSA) is 124 Å². The van der Waals surface area contributed by atoms with Gasteiger partial charge in [0.05, 0.1) is 6.61 Å². The normalized spacial score (nSPS) is 11.0. The molecular formula is C8H16NO7P. The summed E-state index contributed by atoms with van der Waals surface area (Å²) in [6.07, 6.45) is -0.624. The lowest BCUT2D eigenvalue weighted by atomic mass is 10.4. The molecule has 3 N–H and O–H groups in total. The van der Waals surface area contributed by atoms with Gasteiger partial charge in [0, 0.05) is 0 Å². The summed E-state index contributed by atoms with van der Waals surface area (Å²) in [7, 11) is -4.51. The number of carbonyl (C=O) groups is 2. The van der Waals surface area contributed by atoms with E-state index in [1.807, 2.05) is 6.92 Å². The highest BCUT2D eigenvalue weighted by atomic mass is 31.2. The van der Waals surface area contributed by atoms with Gasteiger partial charge in [-0.05, 0) is 6.42 Å². The second-order valence-electron chi connectivity index (χ2n) is 3.37. The molecular weight excluding hydrogens is 253 g/mol. The third kappa shape index (κ3) is 8.67.